The highest BCUT2D eigenvalue weighted by atomic mass is 32.2. The molecule has 0 spiro atoms. The van der Waals surface area contributed by atoms with Gasteiger partial charge in [0, 0.05) is 17.3 Å². The Morgan fingerprint density at radius 1 is 1.03 bits per heavy atom. The molecule has 7 nitrogen and oxygen atoms in total. The second-order valence-electron chi connectivity index (χ2n) is 7.43. The van der Waals surface area contributed by atoms with Gasteiger partial charge in [-0.05, 0) is 81.0 Å². The molecule has 0 heterocycles. The van der Waals surface area contributed by atoms with E-state index in [-0.39, 0.29) is 10.0 Å². The molecule has 0 aliphatic heterocycles. The molecule has 0 aromatic heterocycles. The first-order valence-corrected chi connectivity index (χ1v) is 11.0. The average Bonchev–Trinajstić information content (AvgIpc) is 2.65. The van der Waals surface area contributed by atoms with E-state index in [0.717, 1.165) is 11.3 Å². The molecule has 2 rings (SSSR count). The summed E-state index contributed by atoms with van der Waals surface area (Å²) in [5.74, 6) is 0.340. The van der Waals surface area contributed by atoms with Crippen molar-refractivity contribution in [2.75, 3.05) is 12.4 Å². The van der Waals surface area contributed by atoms with Gasteiger partial charge in [-0.15, -0.1) is 0 Å². The molecule has 30 heavy (non-hydrogen) atoms. The highest BCUT2D eigenvalue weighted by Gasteiger charge is 2.21. The predicted molar refractivity (Wildman–Crippen MR) is 123 cm³/mol. The molecule has 3 N–H and O–H groups in total. The number of nitrogens with one attached hydrogen (secondary N) is 3. The molecular formula is C21H25N3O4S2. The lowest BCUT2D eigenvalue weighted by atomic mass is 10.1. The van der Waals surface area contributed by atoms with Crippen LogP contribution in [0, 0.1) is 0 Å². The van der Waals surface area contributed by atoms with E-state index in [1.54, 1.807) is 58.2 Å². The van der Waals surface area contributed by atoms with Crippen LogP contribution in [0.15, 0.2) is 59.5 Å². The Morgan fingerprint density at radius 2 is 1.63 bits per heavy atom. The number of anilines is 1. The number of methoxy groups -OCH3 is 1. The van der Waals surface area contributed by atoms with Gasteiger partial charge in [-0.3, -0.25) is 10.1 Å². The molecule has 0 fully saturated rings. The summed E-state index contributed by atoms with van der Waals surface area (Å²) in [6.45, 7) is 5.31. The second-order valence-corrected chi connectivity index (χ2v) is 9.52. The zero-order valence-electron chi connectivity index (χ0n) is 17.2. The van der Waals surface area contributed by atoms with Crippen LogP contribution in [-0.2, 0) is 14.8 Å². The number of thiocarbonyl (C=S) groups is 1. The number of benzene rings is 2. The first-order valence-electron chi connectivity index (χ1n) is 9.07. The minimum Gasteiger partial charge on any atom is -0.497 e. The highest BCUT2D eigenvalue weighted by Crippen LogP contribution is 2.16. The minimum absolute atomic E-state index is 0.0998. The van der Waals surface area contributed by atoms with Crippen molar-refractivity contribution >= 4 is 45.0 Å². The molecule has 2 aromatic carbocycles. The second kappa shape index (κ2) is 9.84. The summed E-state index contributed by atoms with van der Waals surface area (Å²) < 4.78 is 32.3. The third kappa shape index (κ3) is 7.58. The maximum Gasteiger partial charge on any atom is 0.250 e. The maximum atomic E-state index is 12.3. The van der Waals surface area contributed by atoms with Gasteiger partial charge in [-0.25, -0.2) is 13.1 Å². The van der Waals surface area contributed by atoms with Crippen LogP contribution in [0.25, 0.3) is 6.08 Å². The predicted octanol–water partition coefficient (Wildman–Crippen LogP) is 3.30. The molecule has 0 bridgehead atoms. The van der Waals surface area contributed by atoms with Gasteiger partial charge < -0.3 is 10.1 Å². The molecule has 0 aliphatic rings. The van der Waals surface area contributed by atoms with Gasteiger partial charge in [0.2, 0.25) is 15.9 Å². The van der Waals surface area contributed by atoms with Crippen LogP contribution in [0.3, 0.4) is 0 Å². The largest absolute Gasteiger partial charge is 0.497 e. The molecule has 2 aromatic rings. The zero-order chi connectivity index (χ0) is 22.4. The van der Waals surface area contributed by atoms with Crippen molar-refractivity contribution in [3.63, 3.8) is 0 Å². The third-order valence-corrected chi connectivity index (χ3v) is 5.62. The first kappa shape index (κ1) is 23.5. The number of rotatable bonds is 6. The van der Waals surface area contributed by atoms with Gasteiger partial charge in [0.15, 0.2) is 5.11 Å². The first-order chi connectivity index (χ1) is 14.0. The molecule has 160 valence electrons. The van der Waals surface area contributed by atoms with Crippen LogP contribution in [0.1, 0.15) is 26.3 Å². The van der Waals surface area contributed by atoms with Crippen LogP contribution in [0.2, 0.25) is 0 Å². The van der Waals surface area contributed by atoms with Crippen molar-refractivity contribution in [3.05, 3.63) is 60.2 Å². The number of carbonyl (C=O) groups is 1. The van der Waals surface area contributed by atoms with Crippen LogP contribution >= 0.6 is 12.2 Å². The van der Waals surface area contributed by atoms with E-state index in [4.69, 9.17) is 17.0 Å². The number of ether oxygens (including phenoxy) is 1. The molecule has 1 amide bonds. The van der Waals surface area contributed by atoms with Crippen LogP contribution in [-0.4, -0.2) is 32.1 Å². The van der Waals surface area contributed by atoms with Crippen LogP contribution < -0.4 is 20.1 Å². The standard InChI is InChI=1S/C21H25N3O4S2/c1-21(2,3)24-30(26,27)18-12-8-16(9-13-18)22-20(29)23-19(25)14-7-15-5-10-17(28-4)11-6-15/h5-14,24H,1-4H3,(H2,22,23,25,29)/b14-7+. The summed E-state index contributed by atoms with van der Waals surface area (Å²) in [5, 5.41) is 5.48. The lowest BCUT2D eigenvalue weighted by molar-refractivity contribution is -0.115. The third-order valence-electron chi connectivity index (χ3n) is 3.64. The van der Waals surface area contributed by atoms with E-state index in [0.29, 0.717) is 5.69 Å². The summed E-state index contributed by atoms with van der Waals surface area (Å²) in [6, 6.07) is 13.3. The van der Waals surface area contributed by atoms with Gasteiger partial charge in [0.1, 0.15) is 5.75 Å². The van der Waals surface area contributed by atoms with E-state index in [9.17, 15) is 13.2 Å². The molecule has 0 saturated heterocycles. The summed E-state index contributed by atoms with van der Waals surface area (Å²) in [5.41, 5.74) is 0.806. The van der Waals surface area contributed by atoms with Gasteiger partial charge >= 0.3 is 0 Å². The van der Waals surface area contributed by atoms with Crippen molar-refractivity contribution in [3.8, 4) is 5.75 Å². The summed E-state index contributed by atoms with van der Waals surface area (Å²) >= 11 is 5.13. The molecule has 0 saturated carbocycles. The monoisotopic (exact) mass is 447 g/mol. The lowest BCUT2D eigenvalue weighted by Gasteiger charge is -2.20. The fraction of sp³-hybridized carbons (Fsp3) is 0.238. The van der Waals surface area contributed by atoms with E-state index in [1.165, 1.54) is 18.2 Å². The zero-order valence-corrected chi connectivity index (χ0v) is 18.9. The topological polar surface area (TPSA) is 96.5 Å². The summed E-state index contributed by atoms with van der Waals surface area (Å²) in [6.07, 6.45) is 3.02. The Morgan fingerprint density at radius 3 is 2.17 bits per heavy atom. The quantitative estimate of drug-likeness (QED) is 0.464. The Kier molecular flexibility index (Phi) is 7.71. The van der Waals surface area contributed by atoms with Gasteiger partial charge in [-0.1, -0.05) is 12.1 Å². The summed E-state index contributed by atoms with van der Waals surface area (Å²) in [4.78, 5) is 12.2. The maximum absolute atomic E-state index is 12.3. The smallest absolute Gasteiger partial charge is 0.250 e. The number of sulfonamides is 1. The van der Waals surface area contributed by atoms with Crippen molar-refractivity contribution in [2.24, 2.45) is 0 Å². The van der Waals surface area contributed by atoms with Crippen molar-refractivity contribution < 1.29 is 17.9 Å². The summed E-state index contributed by atoms with van der Waals surface area (Å²) in [7, 11) is -2.03. The van der Waals surface area contributed by atoms with Crippen molar-refractivity contribution in [1.29, 1.82) is 0 Å². The van der Waals surface area contributed by atoms with Crippen molar-refractivity contribution in [1.82, 2.24) is 10.0 Å². The number of carbonyl (C=O) groups excluding carboxylic acids is 1. The van der Waals surface area contributed by atoms with E-state index < -0.39 is 21.5 Å². The van der Waals surface area contributed by atoms with Gasteiger partial charge in [0.25, 0.3) is 0 Å². The Bertz CT molecular complexity index is 1020. The number of amides is 1. The fourth-order valence-corrected chi connectivity index (χ4v) is 4.02. The number of hydrogen-bond donors (Lipinski definition) is 3. The minimum atomic E-state index is -3.62. The van der Waals surface area contributed by atoms with Gasteiger partial charge in [0.05, 0.1) is 12.0 Å². The molecule has 0 unspecified atom stereocenters. The van der Waals surface area contributed by atoms with Gasteiger partial charge in [-0.2, -0.15) is 0 Å². The molecule has 9 heteroatoms. The van der Waals surface area contributed by atoms with Crippen molar-refractivity contribution in [2.45, 2.75) is 31.2 Å². The van der Waals surface area contributed by atoms with E-state index in [2.05, 4.69) is 15.4 Å². The van der Waals surface area contributed by atoms with E-state index >= 15 is 0 Å². The molecule has 0 aliphatic carbocycles. The fourth-order valence-electron chi connectivity index (χ4n) is 2.38. The number of hydrogen-bond acceptors (Lipinski definition) is 5. The normalized spacial score (nSPS) is 11.9. The Balaban J connectivity index is 1.92. The Labute approximate surface area is 182 Å². The molecule has 0 atom stereocenters. The Hall–Kier alpha value is -2.75. The average molecular weight is 448 g/mol. The lowest BCUT2D eigenvalue weighted by Crippen LogP contribution is -2.40. The van der Waals surface area contributed by atoms with Crippen LogP contribution in [0.5, 0.6) is 5.75 Å². The highest BCUT2D eigenvalue weighted by molar-refractivity contribution is 7.89. The van der Waals surface area contributed by atoms with Crippen LogP contribution in [0.4, 0.5) is 5.69 Å². The SMILES string of the molecule is COc1ccc(/C=C/C(=O)NC(=S)Nc2ccc(S(=O)(=O)NC(C)(C)C)cc2)cc1. The molecule has 0 radical (unpaired) electrons. The van der Waals surface area contributed by atoms with E-state index in [1.807, 2.05) is 12.1 Å². The molecular weight excluding hydrogens is 422 g/mol.